The van der Waals surface area contributed by atoms with Crippen molar-refractivity contribution in [2.45, 2.75) is 32.9 Å². The highest BCUT2D eigenvalue weighted by molar-refractivity contribution is 5.67. The Kier molecular flexibility index (Phi) is 6.52. The Morgan fingerprint density at radius 3 is 2.81 bits per heavy atom. The smallest absolute Gasteiger partial charge is 0.407 e. The summed E-state index contributed by atoms with van der Waals surface area (Å²) < 4.78 is 5.12. The second kappa shape index (κ2) is 8.14. The van der Waals surface area contributed by atoms with E-state index >= 15 is 0 Å². The quantitative estimate of drug-likeness (QED) is 0.364. The van der Waals surface area contributed by atoms with E-state index in [1.807, 2.05) is 39.0 Å². The number of benzene rings is 1. The Bertz CT molecular complexity index is 518. The van der Waals surface area contributed by atoms with Crippen molar-refractivity contribution in [1.82, 2.24) is 10.6 Å². The number of alkyl carbamates (subject to hydrolysis) is 1. The van der Waals surface area contributed by atoms with Crippen molar-refractivity contribution in [2.75, 3.05) is 13.1 Å². The molecule has 0 bridgehead atoms. The molecule has 0 aromatic heterocycles. The Morgan fingerprint density at radius 1 is 1.38 bits per heavy atom. The highest BCUT2D eigenvalue weighted by atomic mass is 16.6. The topological polar surface area (TPSA) is 99.1 Å². The number of nitrogens with one attached hydrogen (secondary N) is 2. The highest BCUT2D eigenvalue weighted by Gasteiger charge is 2.15. The number of azide groups is 1. The molecule has 0 aliphatic rings. The van der Waals surface area contributed by atoms with Crippen LogP contribution in [0.2, 0.25) is 0 Å². The van der Waals surface area contributed by atoms with Gasteiger partial charge in [0.2, 0.25) is 0 Å². The molecule has 0 fully saturated rings. The van der Waals surface area contributed by atoms with Gasteiger partial charge in [-0.1, -0.05) is 23.3 Å². The van der Waals surface area contributed by atoms with Crippen LogP contribution in [0.5, 0.6) is 0 Å². The normalized spacial score (nSPS) is 10.6. The molecule has 0 saturated heterocycles. The first-order valence-corrected chi connectivity index (χ1v) is 6.72. The minimum Gasteiger partial charge on any atom is -0.444 e. The van der Waals surface area contributed by atoms with Crippen LogP contribution in [0.25, 0.3) is 10.4 Å². The zero-order valence-corrected chi connectivity index (χ0v) is 12.6. The van der Waals surface area contributed by atoms with Gasteiger partial charge in [-0.3, -0.25) is 0 Å². The van der Waals surface area contributed by atoms with E-state index in [1.165, 1.54) is 0 Å². The second-order valence-corrected chi connectivity index (χ2v) is 5.46. The first-order valence-electron chi connectivity index (χ1n) is 6.72. The lowest BCUT2D eigenvalue weighted by molar-refractivity contribution is 0.0528. The van der Waals surface area contributed by atoms with Crippen LogP contribution in [0, 0.1) is 0 Å². The molecular formula is C14H21N5O2. The monoisotopic (exact) mass is 291 g/mol. The molecule has 0 saturated carbocycles. The van der Waals surface area contributed by atoms with Gasteiger partial charge < -0.3 is 15.4 Å². The van der Waals surface area contributed by atoms with E-state index in [-0.39, 0.29) is 0 Å². The maximum atomic E-state index is 11.4. The van der Waals surface area contributed by atoms with Crippen molar-refractivity contribution in [3.63, 3.8) is 0 Å². The minimum atomic E-state index is -0.487. The van der Waals surface area contributed by atoms with Crippen LogP contribution in [-0.2, 0) is 11.3 Å². The number of amides is 1. The largest absolute Gasteiger partial charge is 0.444 e. The van der Waals surface area contributed by atoms with Gasteiger partial charge in [-0.05, 0) is 37.9 Å². The predicted molar refractivity (Wildman–Crippen MR) is 81.2 cm³/mol. The summed E-state index contributed by atoms with van der Waals surface area (Å²) >= 11 is 0. The van der Waals surface area contributed by atoms with Crippen LogP contribution < -0.4 is 10.6 Å². The van der Waals surface area contributed by atoms with Crippen LogP contribution in [-0.4, -0.2) is 24.8 Å². The molecule has 7 heteroatoms. The van der Waals surface area contributed by atoms with E-state index in [4.69, 9.17) is 10.3 Å². The molecule has 0 spiro atoms. The van der Waals surface area contributed by atoms with E-state index in [2.05, 4.69) is 20.7 Å². The molecule has 7 nitrogen and oxygen atoms in total. The van der Waals surface area contributed by atoms with Crippen LogP contribution in [0.3, 0.4) is 0 Å². The van der Waals surface area contributed by atoms with Crippen molar-refractivity contribution in [3.8, 4) is 0 Å². The van der Waals surface area contributed by atoms with Crippen molar-refractivity contribution in [1.29, 1.82) is 0 Å². The van der Waals surface area contributed by atoms with E-state index in [0.29, 0.717) is 25.3 Å². The molecule has 1 aromatic rings. The summed E-state index contributed by atoms with van der Waals surface area (Å²) in [5.41, 5.74) is 9.49. The van der Waals surface area contributed by atoms with Gasteiger partial charge in [-0.15, -0.1) is 0 Å². The van der Waals surface area contributed by atoms with Gasteiger partial charge in [0.25, 0.3) is 0 Å². The standard InChI is InChI=1S/C14H21N5O2/c1-14(2,3)21-13(20)17-8-7-16-10-11-5-4-6-12(9-11)18-19-15/h4-6,9,16H,7-8,10H2,1-3H3,(H,17,20). The Labute approximate surface area is 124 Å². The Balaban J connectivity index is 2.24. The molecule has 1 rings (SSSR count). The molecule has 0 radical (unpaired) electrons. The highest BCUT2D eigenvalue weighted by Crippen LogP contribution is 2.13. The fraction of sp³-hybridized carbons (Fsp3) is 0.500. The van der Waals surface area contributed by atoms with Gasteiger partial charge in [0.15, 0.2) is 0 Å². The lowest BCUT2D eigenvalue weighted by atomic mass is 10.2. The van der Waals surface area contributed by atoms with Crippen molar-refractivity contribution in [3.05, 3.63) is 40.3 Å². The van der Waals surface area contributed by atoms with Crippen molar-refractivity contribution in [2.24, 2.45) is 5.11 Å². The molecule has 0 unspecified atom stereocenters. The van der Waals surface area contributed by atoms with E-state index in [1.54, 1.807) is 6.07 Å². The van der Waals surface area contributed by atoms with Crippen LogP contribution in [0.15, 0.2) is 29.4 Å². The van der Waals surface area contributed by atoms with Crippen molar-refractivity contribution >= 4 is 11.8 Å². The third-order valence-electron chi connectivity index (χ3n) is 2.37. The molecule has 114 valence electrons. The fourth-order valence-electron chi connectivity index (χ4n) is 1.58. The van der Waals surface area contributed by atoms with Gasteiger partial charge in [-0.2, -0.15) is 0 Å². The lowest BCUT2D eigenvalue weighted by Crippen LogP contribution is -2.36. The second-order valence-electron chi connectivity index (χ2n) is 5.46. The molecule has 0 heterocycles. The lowest BCUT2D eigenvalue weighted by Gasteiger charge is -2.19. The summed E-state index contributed by atoms with van der Waals surface area (Å²) in [5, 5.41) is 9.40. The maximum Gasteiger partial charge on any atom is 0.407 e. The van der Waals surface area contributed by atoms with Crippen LogP contribution >= 0.6 is 0 Å². The summed E-state index contributed by atoms with van der Waals surface area (Å²) in [4.78, 5) is 14.1. The molecule has 2 N–H and O–H groups in total. The third kappa shape index (κ3) is 7.81. The summed E-state index contributed by atoms with van der Waals surface area (Å²) in [7, 11) is 0. The number of hydrogen-bond acceptors (Lipinski definition) is 4. The number of rotatable bonds is 6. The molecule has 0 aliphatic heterocycles. The average molecular weight is 291 g/mol. The van der Waals surface area contributed by atoms with Gasteiger partial charge in [0.1, 0.15) is 5.60 Å². The number of hydrogen-bond donors (Lipinski definition) is 2. The first-order chi connectivity index (χ1) is 9.90. The SMILES string of the molecule is CC(C)(C)OC(=O)NCCNCc1cccc(N=[N+]=[N-])c1. The van der Waals surface area contributed by atoms with Crippen molar-refractivity contribution < 1.29 is 9.53 Å². The summed E-state index contributed by atoms with van der Waals surface area (Å²) in [5.74, 6) is 0. The average Bonchev–Trinajstić information content (AvgIpc) is 2.37. The van der Waals surface area contributed by atoms with Gasteiger partial charge in [-0.25, -0.2) is 4.79 Å². The van der Waals surface area contributed by atoms with E-state index in [0.717, 1.165) is 5.56 Å². The zero-order valence-electron chi connectivity index (χ0n) is 12.6. The molecule has 1 amide bonds. The minimum absolute atomic E-state index is 0.422. The van der Waals surface area contributed by atoms with Gasteiger partial charge >= 0.3 is 6.09 Å². The summed E-state index contributed by atoms with van der Waals surface area (Å²) in [6, 6.07) is 7.33. The summed E-state index contributed by atoms with van der Waals surface area (Å²) in [6.07, 6.45) is -0.422. The van der Waals surface area contributed by atoms with Gasteiger partial charge in [0.05, 0.1) is 0 Å². The molecule has 21 heavy (non-hydrogen) atoms. The number of carbonyl (C=O) groups excluding carboxylic acids is 1. The van der Waals surface area contributed by atoms with E-state index < -0.39 is 11.7 Å². The predicted octanol–water partition coefficient (Wildman–Crippen LogP) is 3.24. The third-order valence-corrected chi connectivity index (χ3v) is 2.37. The number of carbonyl (C=O) groups is 1. The first kappa shape index (κ1) is 16.8. The van der Waals surface area contributed by atoms with Crippen LogP contribution in [0.1, 0.15) is 26.3 Å². The number of ether oxygens (including phenoxy) is 1. The Hall–Kier alpha value is -2.24. The Morgan fingerprint density at radius 2 is 2.14 bits per heavy atom. The zero-order chi connectivity index (χ0) is 15.7. The fourth-order valence-corrected chi connectivity index (χ4v) is 1.58. The maximum absolute atomic E-state index is 11.4. The van der Waals surface area contributed by atoms with Crippen LogP contribution in [0.4, 0.5) is 10.5 Å². The van der Waals surface area contributed by atoms with Gasteiger partial charge in [0, 0.05) is 30.2 Å². The number of nitrogens with zero attached hydrogens (tertiary/aromatic N) is 3. The summed E-state index contributed by atoms with van der Waals surface area (Å²) in [6.45, 7) is 7.19. The molecule has 0 atom stereocenters. The molecular weight excluding hydrogens is 270 g/mol. The van der Waals surface area contributed by atoms with E-state index in [9.17, 15) is 4.79 Å². The molecule has 0 aliphatic carbocycles. The molecule has 1 aromatic carbocycles.